The Bertz CT molecular complexity index is 763. The number of anilines is 2. The van der Waals surface area contributed by atoms with Crippen molar-refractivity contribution in [3.05, 3.63) is 60.7 Å². The molecule has 0 bridgehead atoms. The summed E-state index contributed by atoms with van der Waals surface area (Å²) < 4.78 is 0. The smallest absolute Gasteiger partial charge is 0.122 e. The number of hydrogen-bond donors (Lipinski definition) is 2. The van der Waals surface area contributed by atoms with Gasteiger partial charge in [-0.2, -0.15) is 0 Å². The number of nitrogens with two attached hydrogens (primary N) is 1. The van der Waals surface area contributed by atoms with Crippen molar-refractivity contribution in [3.63, 3.8) is 0 Å². The minimum atomic E-state index is 0.297. The number of pyridine rings is 2. The van der Waals surface area contributed by atoms with Gasteiger partial charge >= 0.3 is 0 Å². The standard InChI is InChI=1S/C15H12N4S/c16-15(20)14-5-4-11(8-18-14)19-13-3-1-2-10-6-7-17-9-12(10)13/h1-9,19H,(H2,16,20). The first-order valence-electron chi connectivity index (χ1n) is 6.10. The van der Waals surface area contributed by atoms with Crippen molar-refractivity contribution in [1.82, 2.24) is 9.97 Å². The Labute approximate surface area is 121 Å². The van der Waals surface area contributed by atoms with Gasteiger partial charge in [-0.25, -0.2) is 0 Å². The van der Waals surface area contributed by atoms with Crippen molar-refractivity contribution in [1.29, 1.82) is 0 Å². The maximum absolute atomic E-state index is 5.53. The number of nitrogens with zero attached hydrogens (tertiary/aromatic N) is 2. The molecule has 2 aromatic heterocycles. The van der Waals surface area contributed by atoms with E-state index < -0.39 is 0 Å². The molecule has 2 heterocycles. The van der Waals surface area contributed by atoms with Crippen molar-refractivity contribution >= 4 is 39.4 Å². The molecule has 1 aromatic carbocycles. The zero-order chi connectivity index (χ0) is 13.9. The van der Waals surface area contributed by atoms with Crippen molar-refractivity contribution in [2.24, 2.45) is 5.73 Å². The molecular formula is C15H12N4S. The van der Waals surface area contributed by atoms with Crippen LogP contribution in [0, 0.1) is 0 Å². The van der Waals surface area contributed by atoms with Crippen LogP contribution in [0.2, 0.25) is 0 Å². The Kier molecular flexibility index (Phi) is 3.26. The lowest BCUT2D eigenvalue weighted by atomic mass is 10.1. The van der Waals surface area contributed by atoms with Gasteiger partial charge in [0.15, 0.2) is 0 Å². The van der Waals surface area contributed by atoms with Gasteiger partial charge in [0.2, 0.25) is 0 Å². The van der Waals surface area contributed by atoms with Gasteiger partial charge in [0.25, 0.3) is 0 Å². The number of nitrogens with one attached hydrogen (secondary N) is 1. The van der Waals surface area contributed by atoms with E-state index in [2.05, 4.69) is 21.4 Å². The fraction of sp³-hybridized carbons (Fsp3) is 0. The Morgan fingerprint density at radius 1 is 1.10 bits per heavy atom. The molecule has 0 fully saturated rings. The molecule has 3 N–H and O–H groups in total. The number of rotatable bonds is 3. The van der Waals surface area contributed by atoms with E-state index in [4.69, 9.17) is 18.0 Å². The van der Waals surface area contributed by atoms with Crippen LogP contribution >= 0.6 is 12.2 Å². The second-order valence-corrected chi connectivity index (χ2v) is 4.76. The molecule has 5 heteroatoms. The van der Waals surface area contributed by atoms with Crippen molar-refractivity contribution in [3.8, 4) is 0 Å². The third-order valence-electron chi connectivity index (χ3n) is 2.98. The van der Waals surface area contributed by atoms with Gasteiger partial charge in [-0.15, -0.1) is 0 Å². The monoisotopic (exact) mass is 280 g/mol. The molecule has 0 aliphatic heterocycles. The van der Waals surface area contributed by atoms with Crippen LogP contribution in [0.25, 0.3) is 10.8 Å². The van der Waals surface area contributed by atoms with Gasteiger partial charge in [0, 0.05) is 23.5 Å². The quantitative estimate of drug-likeness (QED) is 0.722. The molecule has 0 saturated carbocycles. The summed E-state index contributed by atoms with van der Waals surface area (Å²) in [5, 5.41) is 5.53. The lowest BCUT2D eigenvalue weighted by Crippen LogP contribution is -2.11. The molecule has 3 rings (SSSR count). The topological polar surface area (TPSA) is 63.8 Å². The zero-order valence-corrected chi connectivity index (χ0v) is 11.4. The first kappa shape index (κ1) is 12.5. The summed E-state index contributed by atoms with van der Waals surface area (Å²) in [5.41, 5.74) is 8.01. The summed E-state index contributed by atoms with van der Waals surface area (Å²) in [7, 11) is 0. The van der Waals surface area contributed by atoms with Gasteiger partial charge in [-0.3, -0.25) is 9.97 Å². The van der Waals surface area contributed by atoms with Crippen LogP contribution in [-0.2, 0) is 0 Å². The lowest BCUT2D eigenvalue weighted by molar-refractivity contribution is 1.29. The summed E-state index contributed by atoms with van der Waals surface area (Å²) in [5.74, 6) is 0. The predicted molar refractivity (Wildman–Crippen MR) is 85.2 cm³/mol. The number of fused-ring (bicyclic) bond motifs is 1. The number of aromatic nitrogens is 2. The maximum atomic E-state index is 5.53. The summed E-state index contributed by atoms with van der Waals surface area (Å²) in [6.07, 6.45) is 5.34. The summed E-state index contributed by atoms with van der Waals surface area (Å²) in [4.78, 5) is 8.67. The minimum Gasteiger partial charge on any atom is -0.388 e. The highest BCUT2D eigenvalue weighted by Gasteiger charge is 2.02. The maximum Gasteiger partial charge on any atom is 0.122 e. The highest BCUT2D eigenvalue weighted by Crippen LogP contribution is 2.25. The van der Waals surface area contributed by atoms with E-state index in [0.29, 0.717) is 10.7 Å². The van der Waals surface area contributed by atoms with E-state index in [0.717, 1.165) is 22.1 Å². The fourth-order valence-corrected chi connectivity index (χ4v) is 2.11. The van der Waals surface area contributed by atoms with Gasteiger partial charge < -0.3 is 11.1 Å². The first-order valence-corrected chi connectivity index (χ1v) is 6.50. The number of hydrogen-bond acceptors (Lipinski definition) is 4. The molecule has 0 atom stereocenters. The fourth-order valence-electron chi connectivity index (χ4n) is 1.99. The largest absolute Gasteiger partial charge is 0.388 e. The number of thiocarbonyl (C=S) groups is 1. The van der Waals surface area contributed by atoms with Crippen LogP contribution in [0.15, 0.2) is 55.0 Å². The third-order valence-corrected chi connectivity index (χ3v) is 3.19. The van der Waals surface area contributed by atoms with Gasteiger partial charge in [-0.1, -0.05) is 24.4 Å². The van der Waals surface area contributed by atoms with Crippen LogP contribution in [0.1, 0.15) is 5.69 Å². The molecule has 98 valence electrons. The summed E-state index contributed by atoms with van der Waals surface area (Å²) in [6, 6.07) is 11.7. The van der Waals surface area contributed by atoms with E-state index >= 15 is 0 Å². The molecule has 0 amide bonds. The Morgan fingerprint density at radius 3 is 2.75 bits per heavy atom. The van der Waals surface area contributed by atoms with Crippen LogP contribution in [0.3, 0.4) is 0 Å². The van der Waals surface area contributed by atoms with E-state index in [1.54, 1.807) is 18.5 Å². The molecule has 0 aliphatic carbocycles. The van der Waals surface area contributed by atoms with E-state index in [9.17, 15) is 0 Å². The van der Waals surface area contributed by atoms with Crippen LogP contribution < -0.4 is 11.1 Å². The lowest BCUT2D eigenvalue weighted by Gasteiger charge is -2.09. The minimum absolute atomic E-state index is 0.297. The van der Waals surface area contributed by atoms with Crippen LogP contribution in [0.4, 0.5) is 11.4 Å². The van der Waals surface area contributed by atoms with Gasteiger partial charge in [0.1, 0.15) is 4.99 Å². The third kappa shape index (κ3) is 2.44. The van der Waals surface area contributed by atoms with E-state index in [-0.39, 0.29) is 0 Å². The summed E-state index contributed by atoms with van der Waals surface area (Å²) in [6.45, 7) is 0. The van der Waals surface area contributed by atoms with Crippen molar-refractivity contribution < 1.29 is 0 Å². The second kappa shape index (κ2) is 5.22. The first-order chi connectivity index (χ1) is 9.74. The van der Waals surface area contributed by atoms with Crippen LogP contribution in [-0.4, -0.2) is 15.0 Å². The normalized spacial score (nSPS) is 10.4. The van der Waals surface area contributed by atoms with Crippen LogP contribution in [0.5, 0.6) is 0 Å². The Morgan fingerprint density at radius 2 is 2.00 bits per heavy atom. The van der Waals surface area contributed by atoms with Gasteiger partial charge in [0.05, 0.1) is 17.6 Å². The molecule has 0 aliphatic rings. The Hall–Kier alpha value is -2.53. The molecule has 0 radical (unpaired) electrons. The molecule has 20 heavy (non-hydrogen) atoms. The number of benzene rings is 1. The molecule has 0 unspecified atom stereocenters. The average Bonchev–Trinajstić information content (AvgIpc) is 2.48. The summed E-state index contributed by atoms with van der Waals surface area (Å²) >= 11 is 4.88. The van der Waals surface area contributed by atoms with Gasteiger partial charge in [-0.05, 0) is 29.7 Å². The SMILES string of the molecule is NC(=S)c1ccc(Nc2cccc3ccncc23)cn1. The van der Waals surface area contributed by atoms with E-state index in [1.165, 1.54) is 0 Å². The van der Waals surface area contributed by atoms with E-state index in [1.807, 2.05) is 30.5 Å². The molecule has 4 nitrogen and oxygen atoms in total. The van der Waals surface area contributed by atoms with Crippen molar-refractivity contribution in [2.75, 3.05) is 5.32 Å². The molecule has 0 spiro atoms. The highest BCUT2D eigenvalue weighted by atomic mass is 32.1. The predicted octanol–water partition coefficient (Wildman–Crippen LogP) is 3.01. The second-order valence-electron chi connectivity index (χ2n) is 4.32. The average molecular weight is 280 g/mol. The Balaban J connectivity index is 1.95. The van der Waals surface area contributed by atoms with Crippen molar-refractivity contribution in [2.45, 2.75) is 0 Å². The molecule has 3 aromatic rings. The zero-order valence-electron chi connectivity index (χ0n) is 10.6. The highest BCUT2D eigenvalue weighted by molar-refractivity contribution is 7.80. The molecular weight excluding hydrogens is 268 g/mol. The molecule has 0 saturated heterocycles.